The minimum atomic E-state index is -0.911. The lowest BCUT2D eigenvalue weighted by molar-refractivity contribution is -0.111. The van der Waals surface area contributed by atoms with E-state index in [0.717, 1.165) is 14.9 Å². The number of hydrogen-bond acceptors (Lipinski definition) is 3. The molecule has 0 aliphatic heterocycles. The Morgan fingerprint density at radius 1 is 1.69 bits per heavy atom. The van der Waals surface area contributed by atoms with Gasteiger partial charge in [-0.05, 0) is 35.0 Å². The number of rotatable bonds is 4. The van der Waals surface area contributed by atoms with Gasteiger partial charge < -0.3 is 9.90 Å². The van der Waals surface area contributed by atoms with E-state index >= 15 is 0 Å². The van der Waals surface area contributed by atoms with E-state index in [0.29, 0.717) is 6.42 Å². The van der Waals surface area contributed by atoms with Crippen LogP contribution in [0.1, 0.15) is 18.2 Å². The largest absolute Gasteiger partial charge is 0.389 e. The first-order valence-electron chi connectivity index (χ1n) is 3.94. The maximum absolute atomic E-state index is 10.3. The number of hydrogen-bond donors (Lipinski definition) is 1. The van der Waals surface area contributed by atoms with E-state index in [-0.39, 0.29) is 6.42 Å². The molecule has 0 aliphatic rings. The van der Waals surface area contributed by atoms with Crippen molar-refractivity contribution in [2.45, 2.75) is 25.4 Å². The predicted octanol–water partition coefficient (Wildman–Crippen LogP) is 2.39. The van der Waals surface area contributed by atoms with E-state index in [2.05, 4.69) is 15.9 Å². The van der Waals surface area contributed by atoms with Crippen LogP contribution in [0.25, 0.3) is 0 Å². The zero-order chi connectivity index (χ0) is 9.90. The van der Waals surface area contributed by atoms with Crippen molar-refractivity contribution in [2.24, 2.45) is 0 Å². The molecule has 2 nitrogen and oxygen atoms in total. The summed E-state index contributed by atoms with van der Waals surface area (Å²) in [7, 11) is 0. The Morgan fingerprint density at radius 2 is 2.38 bits per heavy atom. The molecule has 0 spiro atoms. The molecular formula is C9H11BrO2S. The average Bonchev–Trinajstić information content (AvgIpc) is 2.34. The first-order valence-corrected chi connectivity index (χ1v) is 5.55. The van der Waals surface area contributed by atoms with Crippen LogP contribution < -0.4 is 0 Å². The summed E-state index contributed by atoms with van der Waals surface area (Å²) in [4.78, 5) is 11.3. The molecule has 1 heterocycles. The van der Waals surface area contributed by atoms with Crippen molar-refractivity contribution in [3.05, 3.63) is 20.8 Å². The van der Waals surface area contributed by atoms with Gasteiger partial charge in [-0.25, -0.2) is 0 Å². The van der Waals surface area contributed by atoms with E-state index in [9.17, 15) is 9.90 Å². The number of aldehydes is 1. The molecule has 0 fully saturated rings. The summed E-state index contributed by atoms with van der Waals surface area (Å²) in [5, 5.41) is 9.74. The minimum Gasteiger partial charge on any atom is -0.389 e. The molecule has 0 saturated heterocycles. The summed E-state index contributed by atoms with van der Waals surface area (Å²) in [5.41, 5.74) is -0.911. The molecule has 1 rings (SSSR count). The lowest BCUT2D eigenvalue weighted by atomic mass is 9.98. The van der Waals surface area contributed by atoms with Crippen molar-refractivity contribution in [3.8, 4) is 0 Å². The van der Waals surface area contributed by atoms with Crippen LogP contribution in [-0.4, -0.2) is 17.0 Å². The molecule has 0 saturated carbocycles. The molecule has 13 heavy (non-hydrogen) atoms. The SMILES string of the molecule is CC(O)(CC=O)Cc1ccc(Br)s1. The Balaban J connectivity index is 2.62. The fourth-order valence-electron chi connectivity index (χ4n) is 1.07. The van der Waals surface area contributed by atoms with Gasteiger partial charge in [-0.3, -0.25) is 0 Å². The van der Waals surface area contributed by atoms with Gasteiger partial charge in [0.2, 0.25) is 0 Å². The normalized spacial score (nSPS) is 15.3. The second-order valence-corrected chi connectivity index (χ2v) is 5.80. The summed E-state index contributed by atoms with van der Waals surface area (Å²) in [6.45, 7) is 1.68. The van der Waals surface area contributed by atoms with Gasteiger partial charge in [-0.15, -0.1) is 11.3 Å². The van der Waals surface area contributed by atoms with Crippen LogP contribution in [-0.2, 0) is 11.2 Å². The fourth-order valence-corrected chi connectivity index (χ4v) is 2.74. The molecule has 72 valence electrons. The van der Waals surface area contributed by atoms with Gasteiger partial charge in [0.1, 0.15) is 6.29 Å². The fraction of sp³-hybridized carbons (Fsp3) is 0.444. The number of carbonyl (C=O) groups excluding carboxylic acids is 1. The standard InChI is InChI=1S/C9H11BrO2S/c1-9(12,4-5-11)6-7-2-3-8(10)13-7/h2-3,5,12H,4,6H2,1H3. The predicted molar refractivity (Wildman–Crippen MR) is 57.0 cm³/mol. The molecule has 1 unspecified atom stereocenters. The van der Waals surface area contributed by atoms with E-state index in [1.807, 2.05) is 12.1 Å². The van der Waals surface area contributed by atoms with Gasteiger partial charge in [0, 0.05) is 17.7 Å². The summed E-state index contributed by atoms with van der Waals surface area (Å²) < 4.78 is 1.05. The zero-order valence-electron chi connectivity index (χ0n) is 7.29. The smallest absolute Gasteiger partial charge is 0.122 e. The number of carbonyl (C=O) groups is 1. The van der Waals surface area contributed by atoms with Gasteiger partial charge in [0.25, 0.3) is 0 Å². The first-order chi connectivity index (χ1) is 6.03. The van der Waals surface area contributed by atoms with Crippen LogP contribution >= 0.6 is 27.3 Å². The van der Waals surface area contributed by atoms with E-state index in [4.69, 9.17) is 0 Å². The van der Waals surface area contributed by atoms with Gasteiger partial charge in [-0.2, -0.15) is 0 Å². The van der Waals surface area contributed by atoms with Crippen LogP contribution in [0.2, 0.25) is 0 Å². The third-order valence-corrected chi connectivity index (χ3v) is 3.33. The molecule has 1 atom stereocenters. The van der Waals surface area contributed by atoms with Crippen LogP contribution in [0.4, 0.5) is 0 Å². The monoisotopic (exact) mass is 262 g/mol. The molecule has 1 aromatic rings. The topological polar surface area (TPSA) is 37.3 Å². The van der Waals surface area contributed by atoms with E-state index in [1.165, 1.54) is 0 Å². The average molecular weight is 263 g/mol. The maximum Gasteiger partial charge on any atom is 0.122 e. The molecule has 0 aromatic carbocycles. The van der Waals surface area contributed by atoms with Crippen molar-refractivity contribution >= 4 is 33.6 Å². The van der Waals surface area contributed by atoms with Crippen molar-refractivity contribution in [1.29, 1.82) is 0 Å². The molecule has 0 radical (unpaired) electrons. The Morgan fingerprint density at radius 3 is 2.85 bits per heavy atom. The highest BCUT2D eigenvalue weighted by Gasteiger charge is 2.20. The van der Waals surface area contributed by atoms with E-state index in [1.54, 1.807) is 18.3 Å². The lowest BCUT2D eigenvalue weighted by Gasteiger charge is -2.18. The maximum atomic E-state index is 10.3. The van der Waals surface area contributed by atoms with Crippen molar-refractivity contribution in [2.75, 3.05) is 0 Å². The highest BCUT2D eigenvalue weighted by atomic mass is 79.9. The van der Waals surface area contributed by atoms with Crippen molar-refractivity contribution in [3.63, 3.8) is 0 Å². The summed E-state index contributed by atoms with van der Waals surface area (Å²) in [6, 6.07) is 3.89. The Labute approximate surface area is 89.7 Å². The van der Waals surface area contributed by atoms with Crippen molar-refractivity contribution < 1.29 is 9.90 Å². The van der Waals surface area contributed by atoms with Crippen molar-refractivity contribution in [1.82, 2.24) is 0 Å². The summed E-state index contributed by atoms with van der Waals surface area (Å²) in [6.07, 6.45) is 1.47. The minimum absolute atomic E-state index is 0.183. The highest BCUT2D eigenvalue weighted by molar-refractivity contribution is 9.11. The van der Waals surface area contributed by atoms with Crippen LogP contribution in [0.5, 0.6) is 0 Å². The lowest BCUT2D eigenvalue weighted by Crippen LogP contribution is -2.27. The summed E-state index contributed by atoms with van der Waals surface area (Å²) in [5.74, 6) is 0. The van der Waals surface area contributed by atoms with Gasteiger partial charge in [0.05, 0.1) is 9.39 Å². The number of aliphatic hydroxyl groups is 1. The molecular weight excluding hydrogens is 252 g/mol. The van der Waals surface area contributed by atoms with Crippen LogP contribution in [0, 0.1) is 0 Å². The van der Waals surface area contributed by atoms with Gasteiger partial charge in [-0.1, -0.05) is 0 Å². The van der Waals surface area contributed by atoms with E-state index < -0.39 is 5.60 Å². The molecule has 1 N–H and O–H groups in total. The molecule has 0 aliphatic carbocycles. The Kier molecular flexibility index (Phi) is 3.64. The Bertz CT molecular complexity index is 294. The summed E-state index contributed by atoms with van der Waals surface area (Å²) >= 11 is 4.93. The second-order valence-electron chi connectivity index (χ2n) is 3.25. The molecule has 0 amide bonds. The molecule has 4 heteroatoms. The third kappa shape index (κ3) is 3.58. The number of halogens is 1. The first kappa shape index (κ1) is 10.9. The van der Waals surface area contributed by atoms with Crippen LogP contribution in [0.15, 0.2) is 15.9 Å². The van der Waals surface area contributed by atoms with Gasteiger partial charge in [0.15, 0.2) is 0 Å². The second kappa shape index (κ2) is 4.35. The third-order valence-electron chi connectivity index (χ3n) is 1.71. The quantitative estimate of drug-likeness (QED) is 0.847. The molecule has 0 bridgehead atoms. The number of thiophene rings is 1. The molecule has 1 aromatic heterocycles. The van der Waals surface area contributed by atoms with Crippen LogP contribution in [0.3, 0.4) is 0 Å². The zero-order valence-corrected chi connectivity index (χ0v) is 9.69. The van der Waals surface area contributed by atoms with Gasteiger partial charge >= 0.3 is 0 Å². The highest BCUT2D eigenvalue weighted by Crippen LogP contribution is 2.26. The Hall–Kier alpha value is -0.190.